The molecule has 0 saturated carbocycles. The summed E-state index contributed by atoms with van der Waals surface area (Å²) in [4.78, 5) is 27.4. The van der Waals surface area contributed by atoms with Crippen LogP contribution in [0.4, 0.5) is 0 Å². The van der Waals surface area contributed by atoms with Crippen LogP contribution in [0.1, 0.15) is 0 Å². The van der Waals surface area contributed by atoms with Gasteiger partial charge in [0.25, 0.3) is 5.56 Å². The topological polar surface area (TPSA) is 84.2 Å². The van der Waals surface area contributed by atoms with Crippen LogP contribution in [0.25, 0.3) is 10.9 Å². The van der Waals surface area contributed by atoms with Crippen LogP contribution in [0.5, 0.6) is 11.5 Å². The second-order valence-electron chi connectivity index (χ2n) is 3.42. The molecule has 2 heterocycles. The lowest BCUT2D eigenvalue weighted by Gasteiger charge is -2.19. The highest BCUT2D eigenvalue weighted by Crippen LogP contribution is 2.34. The Balaban J connectivity index is 2.47. The summed E-state index contributed by atoms with van der Waals surface area (Å²) in [5, 5.41) is 0.379. The average molecular weight is 220 g/mol. The first-order valence-corrected chi connectivity index (χ1v) is 4.80. The molecule has 0 amide bonds. The Hall–Kier alpha value is -2.24. The van der Waals surface area contributed by atoms with Crippen molar-refractivity contribution in [3.63, 3.8) is 0 Å². The quantitative estimate of drug-likeness (QED) is 0.653. The third-order valence-corrected chi connectivity index (χ3v) is 2.42. The Labute approximate surface area is 88.8 Å². The molecule has 2 aromatic rings. The van der Waals surface area contributed by atoms with E-state index in [2.05, 4.69) is 9.97 Å². The van der Waals surface area contributed by atoms with Crippen molar-refractivity contribution in [3.8, 4) is 11.5 Å². The van der Waals surface area contributed by atoms with Crippen LogP contribution >= 0.6 is 0 Å². The Morgan fingerprint density at radius 1 is 1.06 bits per heavy atom. The molecule has 6 heteroatoms. The number of aromatic amines is 2. The number of benzene rings is 1. The highest BCUT2D eigenvalue weighted by molar-refractivity contribution is 5.86. The van der Waals surface area contributed by atoms with E-state index in [1.807, 2.05) is 0 Å². The molecule has 0 unspecified atom stereocenters. The van der Waals surface area contributed by atoms with Gasteiger partial charge < -0.3 is 14.5 Å². The van der Waals surface area contributed by atoms with Gasteiger partial charge in [-0.15, -0.1) is 0 Å². The molecule has 2 N–H and O–H groups in total. The molecule has 0 aliphatic carbocycles. The van der Waals surface area contributed by atoms with Crippen LogP contribution in [-0.4, -0.2) is 23.2 Å². The average Bonchev–Trinajstić information content (AvgIpc) is 2.28. The minimum Gasteiger partial charge on any atom is -0.486 e. The molecule has 1 aromatic carbocycles. The summed E-state index contributed by atoms with van der Waals surface area (Å²) in [5.41, 5.74) is -0.609. The third-order valence-electron chi connectivity index (χ3n) is 2.42. The SMILES string of the molecule is O=c1[nH]c(=O)c2ccc3c(c2[nH]1)OCCO3. The second kappa shape index (κ2) is 3.13. The Morgan fingerprint density at radius 2 is 1.88 bits per heavy atom. The van der Waals surface area contributed by atoms with E-state index in [9.17, 15) is 9.59 Å². The van der Waals surface area contributed by atoms with Crippen LogP contribution < -0.4 is 20.7 Å². The van der Waals surface area contributed by atoms with Crippen molar-refractivity contribution in [1.82, 2.24) is 9.97 Å². The first kappa shape index (κ1) is 9.02. The predicted molar refractivity (Wildman–Crippen MR) is 56.2 cm³/mol. The molecule has 1 aliphatic heterocycles. The lowest BCUT2D eigenvalue weighted by Crippen LogP contribution is -2.23. The molecule has 6 nitrogen and oxygen atoms in total. The van der Waals surface area contributed by atoms with E-state index in [1.54, 1.807) is 12.1 Å². The normalized spacial score (nSPS) is 14.0. The summed E-state index contributed by atoms with van der Waals surface area (Å²) in [6, 6.07) is 3.25. The fourth-order valence-corrected chi connectivity index (χ4v) is 1.74. The lowest BCUT2D eigenvalue weighted by molar-refractivity contribution is 0.173. The maximum atomic E-state index is 11.5. The van der Waals surface area contributed by atoms with E-state index in [1.165, 1.54) is 0 Å². The molecule has 0 radical (unpaired) electrons. The van der Waals surface area contributed by atoms with E-state index >= 15 is 0 Å². The number of ether oxygens (including phenoxy) is 2. The zero-order chi connectivity index (χ0) is 11.1. The summed E-state index contributed by atoms with van der Waals surface area (Å²) < 4.78 is 10.8. The van der Waals surface area contributed by atoms with Crippen molar-refractivity contribution < 1.29 is 9.47 Å². The minimum atomic E-state index is -0.555. The maximum absolute atomic E-state index is 11.5. The van der Waals surface area contributed by atoms with Gasteiger partial charge in [-0.2, -0.15) is 0 Å². The molecule has 0 atom stereocenters. The largest absolute Gasteiger partial charge is 0.486 e. The first-order chi connectivity index (χ1) is 7.75. The van der Waals surface area contributed by atoms with Gasteiger partial charge in [0.2, 0.25) is 0 Å². The number of rotatable bonds is 0. The molecule has 3 rings (SSSR count). The zero-order valence-corrected chi connectivity index (χ0v) is 8.20. The highest BCUT2D eigenvalue weighted by Gasteiger charge is 2.16. The maximum Gasteiger partial charge on any atom is 0.326 e. The molecule has 0 spiro atoms. The van der Waals surface area contributed by atoms with E-state index in [-0.39, 0.29) is 0 Å². The summed E-state index contributed by atoms with van der Waals surface area (Å²) >= 11 is 0. The van der Waals surface area contributed by atoms with Crippen molar-refractivity contribution in [3.05, 3.63) is 33.0 Å². The molecule has 0 saturated heterocycles. The number of fused-ring (bicyclic) bond motifs is 3. The zero-order valence-electron chi connectivity index (χ0n) is 8.20. The number of hydrogen-bond acceptors (Lipinski definition) is 4. The van der Waals surface area contributed by atoms with E-state index < -0.39 is 11.2 Å². The predicted octanol–water partition coefficient (Wildman–Crippen LogP) is -0.0124. The standard InChI is InChI=1S/C10H8N2O4/c13-9-5-1-2-6-8(16-4-3-15-6)7(5)11-10(14)12-9/h1-2H,3-4H2,(H2,11,12,13,14). The third kappa shape index (κ3) is 1.19. The molecular weight excluding hydrogens is 212 g/mol. The molecular formula is C10H8N2O4. The lowest BCUT2D eigenvalue weighted by atomic mass is 10.2. The monoisotopic (exact) mass is 220 g/mol. The fourth-order valence-electron chi connectivity index (χ4n) is 1.74. The van der Waals surface area contributed by atoms with Gasteiger partial charge in [-0.25, -0.2) is 4.79 Å². The van der Waals surface area contributed by atoms with Crippen molar-refractivity contribution in [1.29, 1.82) is 0 Å². The second-order valence-corrected chi connectivity index (χ2v) is 3.42. The van der Waals surface area contributed by atoms with E-state index in [0.29, 0.717) is 35.6 Å². The smallest absolute Gasteiger partial charge is 0.326 e. The first-order valence-electron chi connectivity index (χ1n) is 4.80. The van der Waals surface area contributed by atoms with Gasteiger partial charge in [0.05, 0.1) is 5.39 Å². The Bertz CT molecular complexity index is 671. The molecule has 0 fully saturated rings. The highest BCUT2D eigenvalue weighted by atomic mass is 16.6. The molecule has 16 heavy (non-hydrogen) atoms. The molecule has 0 bridgehead atoms. The molecule has 82 valence electrons. The van der Waals surface area contributed by atoms with Crippen LogP contribution in [0.15, 0.2) is 21.7 Å². The van der Waals surface area contributed by atoms with Gasteiger partial charge in [0.15, 0.2) is 11.5 Å². The van der Waals surface area contributed by atoms with E-state index in [0.717, 1.165) is 0 Å². The minimum absolute atomic E-state index is 0.379. The van der Waals surface area contributed by atoms with Crippen LogP contribution in [-0.2, 0) is 0 Å². The summed E-state index contributed by atoms with van der Waals surface area (Å²) in [6.45, 7) is 0.868. The van der Waals surface area contributed by atoms with Gasteiger partial charge in [-0.3, -0.25) is 9.78 Å². The van der Waals surface area contributed by atoms with Gasteiger partial charge in [-0.05, 0) is 12.1 Å². The van der Waals surface area contributed by atoms with Gasteiger partial charge in [0.1, 0.15) is 18.7 Å². The van der Waals surface area contributed by atoms with Crippen molar-refractivity contribution >= 4 is 10.9 Å². The summed E-state index contributed by atoms with van der Waals surface area (Å²) in [7, 11) is 0. The van der Waals surface area contributed by atoms with Crippen molar-refractivity contribution in [2.45, 2.75) is 0 Å². The van der Waals surface area contributed by atoms with Gasteiger partial charge >= 0.3 is 5.69 Å². The molecule has 1 aliphatic rings. The number of aromatic nitrogens is 2. The molecule has 1 aromatic heterocycles. The number of H-pyrrole nitrogens is 2. The van der Waals surface area contributed by atoms with Crippen LogP contribution in [0.2, 0.25) is 0 Å². The van der Waals surface area contributed by atoms with Gasteiger partial charge in [0, 0.05) is 0 Å². The van der Waals surface area contributed by atoms with Crippen molar-refractivity contribution in [2.75, 3.05) is 13.2 Å². The fraction of sp³-hybridized carbons (Fsp3) is 0.200. The van der Waals surface area contributed by atoms with Crippen molar-refractivity contribution in [2.24, 2.45) is 0 Å². The number of hydrogen-bond donors (Lipinski definition) is 2. The summed E-state index contributed by atoms with van der Waals surface area (Å²) in [6.07, 6.45) is 0. The number of nitrogens with one attached hydrogen (secondary N) is 2. The van der Waals surface area contributed by atoms with Crippen LogP contribution in [0.3, 0.4) is 0 Å². The Kier molecular flexibility index (Phi) is 1.76. The summed E-state index contributed by atoms with van der Waals surface area (Å²) in [5.74, 6) is 0.965. The van der Waals surface area contributed by atoms with Crippen LogP contribution in [0, 0.1) is 0 Å². The van der Waals surface area contributed by atoms with E-state index in [4.69, 9.17) is 9.47 Å². The van der Waals surface area contributed by atoms with Gasteiger partial charge in [-0.1, -0.05) is 0 Å². The Morgan fingerprint density at radius 3 is 2.75 bits per heavy atom.